The lowest BCUT2D eigenvalue weighted by molar-refractivity contribution is 0.217. The minimum atomic E-state index is -0.173. The highest BCUT2D eigenvalue weighted by atomic mass is 16.2. The number of hydrogen-bond donors (Lipinski definition) is 1. The van der Waals surface area contributed by atoms with Gasteiger partial charge in [0, 0.05) is 13.6 Å². The van der Waals surface area contributed by atoms with Crippen molar-refractivity contribution >= 4 is 17.1 Å². The van der Waals surface area contributed by atoms with E-state index in [-0.39, 0.29) is 6.03 Å². The fraction of sp³-hybridized carbons (Fsp3) is 0.222. The Hall–Kier alpha value is -2.82. The molecule has 0 bridgehead atoms. The molecule has 0 unspecified atom stereocenters. The molecule has 118 valence electrons. The summed E-state index contributed by atoms with van der Waals surface area (Å²) in [6.07, 6.45) is 2.64. The highest BCUT2D eigenvalue weighted by molar-refractivity contribution is 5.84. The number of urea groups is 1. The summed E-state index contributed by atoms with van der Waals surface area (Å²) < 4.78 is 1.65. The van der Waals surface area contributed by atoms with Crippen molar-refractivity contribution in [2.75, 3.05) is 12.5 Å². The summed E-state index contributed by atoms with van der Waals surface area (Å²) in [7, 11) is 1.78. The molecule has 1 heterocycles. The Kier molecular flexibility index (Phi) is 4.28. The fourth-order valence-electron chi connectivity index (χ4n) is 2.46. The molecule has 0 aliphatic rings. The molecule has 1 aromatic heterocycles. The van der Waals surface area contributed by atoms with Crippen molar-refractivity contribution in [3.63, 3.8) is 0 Å². The minimum Gasteiger partial charge on any atom is -0.322 e. The summed E-state index contributed by atoms with van der Waals surface area (Å²) in [5.41, 5.74) is 6.98. The first-order valence-electron chi connectivity index (χ1n) is 7.69. The Bertz CT molecular complexity index is 807. The molecule has 0 fully saturated rings. The van der Waals surface area contributed by atoms with Crippen LogP contribution in [0.4, 0.5) is 4.79 Å². The van der Waals surface area contributed by atoms with Crippen molar-refractivity contribution in [1.29, 1.82) is 0 Å². The van der Waals surface area contributed by atoms with Gasteiger partial charge >= 0.3 is 6.03 Å². The predicted molar refractivity (Wildman–Crippen MR) is 91.8 cm³/mol. The normalized spacial score (nSPS) is 10.7. The average Bonchev–Trinajstić information content (AvgIpc) is 2.98. The topological polar surface area (TPSA) is 50.2 Å². The minimum absolute atomic E-state index is 0.173. The summed E-state index contributed by atoms with van der Waals surface area (Å²) in [5.74, 6) is 0. The number of carbonyl (C=O) groups excluding carboxylic acids is 1. The first-order chi connectivity index (χ1) is 11.2. The maximum absolute atomic E-state index is 12.3. The van der Waals surface area contributed by atoms with Gasteiger partial charge in [-0.1, -0.05) is 43.3 Å². The van der Waals surface area contributed by atoms with Gasteiger partial charge in [0.2, 0.25) is 0 Å². The van der Waals surface area contributed by atoms with Gasteiger partial charge in [0.1, 0.15) is 6.33 Å². The van der Waals surface area contributed by atoms with Crippen LogP contribution in [0.15, 0.2) is 54.9 Å². The molecule has 23 heavy (non-hydrogen) atoms. The van der Waals surface area contributed by atoms with Crippen LogP contribution in [0.2, 0.25) is 0 Å². The van der Waals surface area contributed by atoms with Crippen molar-refractivity contribution in [1.82, 2.24) is 14.6 Å². The third kappa shape index (κ3) is 3.34. The number of nitrogens with zero attached hydrogens (tertiary/aromatic N) is 3. The molecule has 0 saturated heterocycles. The molecular formula is C18H20N4O. The molecule has 0 radical (unpaired) electrons. The van der Waals surface area contributed by atoms with Gasteiger partial charge in [-0.2, -0.15) is 0 Å². The fourth-order valence-corrected chi connectivity index (χ4v) is 2.46. The van der Waals surface area contributed by atoms with Crippen molar-refractivity contribution in [2.45, 2.75) is 19.9 Å². The summed E-state index contributed by atoms with van der Waals surface area (Å²) in [4.78, 5) is 18.3. The van der Waals surface area contributed by atoms with E-state index in [1.807, 2.05) is 24.3 Å². The van der Waals surface area contributed by atoms with E-state index in [4.69, 9.17) is 0 Å². The summed E-state index contributed by atoms with van der Waals surface area (Å²) in [6, 6.07) is 15.8. The number of hydrogen-bond acceptors (Lipinski definition) is 2. The maximum atomic E-state index is 12.3. The van der Waals surface area contributed by atoms with Crippen molar-refractivity contribution in [2.24, 2.45) is 0 Å². The first kappa shape index (κ1) is 15.1. The molecule has 0 aliphatic heterocycles. The lowest BCUT2D eigenvalue weighted by atomic mass is 10.1. The quantitative estimate of drug-likeness (QED) is 0.803. The van der Waals surface area contributed by atoms with Crippen LogP contribution >= 0.6 is 0 Å². The van der Waals surface area contributed by atoms with E-state index in [2.05, 4.69) is 41.6 Å². The van der Waals surface area contributed by atoms with Crippen LogP contribution in [0.25, 0.3) is 11.0 Å². The van der Waals surface area contributed by atoms with Gasteiger partial charge in [-0.25, -0.2) is 19.9 Å². The van der Waals surface area contributed by atoms with Crippen LogP contribution in [0.5, 0.6) is 0 Å². The van der Waals surface area contributed by atoms with Gasteiger partial charge in [-0.05, 0) is 29.7 Å². The van der Waals surface area contributed by atoms with Gasteiger partial charge < -0.3 is 4.90 Å². The summed E-state index contributed by atoms with van der Waals surface area (Å²) in [5, 5.41) is 0. The summed E-state index contributed by atoms with van der Waals surface area (Å²) in [6.45, 7) is 2.69. The SMILES string of the molecule is CCc1ccc(CN(C)C(=O)Nn2cnc3ccccc32)cc1. The average molecular weight is 308 g/mol. The van der Waals surface area contributed by atoms with Crippen LogP contribution in [-0.2, 0) is 13.0 Å². The molecule has 0 atom stereocenters. The van der Waals surface area contributed by atoms with E-state index >= 15 is 0 Å². The first-order valence-corrected chi connectivity index (χ1v) is 7.69. The third-order valence-electron chi connectivity index (χ3n) is 3.87. The monoisotopic (exact) mass is 308 g/mol. The number of nitrogens with one attached hydrogen (secondary N) is 1. The standard InChI is InChI=1S/C18H20N4O/c1-3-14-8-10-15(11-9-14)12-21(2)18(23)20-22-13-19-16-6-4-5-7-17(16)22/h4-11,13H,3,12H2,1-2H3,(H,20,23). The number of aryl methyl sites for hydroxylation is 1. The molecule has 5 nitrogen and oxygen atoms in total. The van der Waals surface area contributed by atoms with E-state index in [1.54, 1.807) is 23.0 Å². The number of fused-ring (bicyclic) bond motifs is 1. The smallest absolute Gasteiger partial charge is 0.322 e. The van der Waals surface area contributed by atoms with Crippen LogP contribution in [0.3, 0.4) is 0 Å². The number of aromatic nitrogens is 2. The Labute approximate surface area is 135 Å². The number of benzene rings is 2. The zero-order chi connectivity index (χ0) is 16.2. The second-order valence-corrected chi connectivity index (χ2v) is 5.55. The highest BCUT2D eigenvalue weighted by Crippen LogP contribution is 2.11. The molecule has 3 aromatic rings. The number of imidazole rings is 1. The van der Waals surface area contributed by atoms with Gasteiger partial charge in [0.25, 0.3) is 0 Å². The molecule has 5 heteroatoms. The Morgan fingerprint density at radius 3 is 2.57 bits per heavy atom. The largest absolute Gasteiger partial charge is 0.336 e. The van der Waals surface area contributed by atoms with Crippen LogP contribution in [-0.4, -0.2) is 27.6 Å². The predicted octanol–water partition coefficient (Wildman–Crippen LogP) is 3.39. The Morgan fingerprint density at radius 1 is 1.13 bits per heavy atom. The van der Waals surface area contributed by atoms with E-state index in [0.29, 0.717) is 6.54 Å². The Morgan fingerprint density at radius 2 is 1.83 bits per heavy atom. The molecule has 0 spiro atoms. The number of carbonyl (C=O) groups is 1. The van der Waals surface area contributed by atoms with Crippen LogP contribution in [0, 0.1) is 0 Å². The lowest BCUT2D eigenvalue weighted by Gasteiger charge is -2.18. The number of rotatable bonds is 4. The Balaban J connectivity index is 1.67. The van der Waals surface area contributed by atoms with Crippen molar-refractivity contribution < 1.29 is 4.79 Å². The molecule has 2 amide bonds. The van der Waals surface area contributed by atoms with E-state index in [9.17, 15) is 4.79 Å². The summed E-state index contributed by atoms with van der Waals surface area (Å²) >= 11 is 0. The highest BCUT2D eigenvalue weighted by Gasteiger charge is 2.11. The van der Waals surface area contributed by atoms with Gasteiger partial charge in [-0.3, -0.25) is 0 Å². The number of amides is 2. The van der Waals surface area contributed by atoms with Gasteiger partial charge in [0.05, 0.1) is 11.0 Å². The van der Waals surface area contributed by atoms with Gasteiger partial charge in [-0.15, -0.1) is 0 Å². The second-order valence-electron chi connectivity index (χ2n) is 5.55. The molecular weight excluding hydrogens is 288 g/mol. The lowest BCUT2D eigenvalue weighted by Crippen LogP contribution is -2.35. The molecule has 2 aromatic carbocycles. The zero-order valence-electron chi connectivity index (χ0n) is 13.4. The molecule has 3 rings (SSSR count). The second kappa shape index (κ2) is 6.52. The van der Waals surface area contributed by atoms with E-state index in [0.717, 1.165) is 23.0 Å². The van der Waals surface area contributed by atoms with Crippen molar-refractivity contribution in [3.8, 4) is 0 Å². The maximum Gasteiger partial charge on any atom is 0.336 e. The molecule has 0 aliphatic carbocycles. The molecule has 0 saturated carbocycles. The van der Waals surface area contributed by atoms with Crippen molar-refractivity contribution in [3.05, 3.63) is 66.0 Å². The van der Waals surface area contributed by atoms with Crippen LogP contribution in [0.1, 0.15) is 18.1 Å². The molecule has 1 N–H and O–H groups in total. The zero-order valence-corrected chi connectivity index (χ0v) is 13.4. The number of para-hydroxylation sites is 2. The van der Waals surface area contributed by atoms with Crippen LogP contribution < -0.4 is 5.43 Å². The van der Waals surface area contributed by atoms with Gasteiger partial charge in [0.15, 0.2) is 0 Å². The van der Waals surface area contributed by atoms with E-state index in [1.165, 1.54) is 5.56 Å². The third-order valence-corrected chi connectivity index (χ3v) is 3.87. The van der Waals surface area contributed by atoms with E-state index < -0.39 is 0 Å².